The number of fused-ring (bicyclic) bond motifs is 2. The van der Waals surface area contributed by atoms with E-state index in [0.29, 0.717) is 0 Å². The van der Waals surface area contributed by atoms with Gasteiger partial charge in [-0.15, -0.1) is 0 Å². The van der Waals surface area contributed by atoms with Gasteiger partial charge in [-0.3, -0.25) is 0 Å². The summed E-state index contributed by atoms with van der Waals surface area (Å²) in [6.45, 7) is 0. The molecule has 7 rings (SSSR count). The monoisotopic (exact) mass is 516 g/mol. The topological polar surface area (TPSA) is 40.5 Å². The highest BCUT2D eigenvalue weighted by Gasteiger charge is 2.44. The average molecular weight is 517 g/mol. The van der Waals surface area contributed by atoms with Crippen LogP contribution in [0.3, 0.4) is 0 Å². The molecule has 0 saturated carbocycles. The van der Waals surface area contributed by atoms with Gasteiger partial charge < -0.3 is 10.2 Å². The second-order valence-electron chi connectivity index (χ2n) is 10.4. The summed E-state index contributed by atoms with van der Waals surface area (Å²) in [6.07, 6.45) is 0.849. The quantitative estimate of drug-likeness (QED) is 0.246. The van der Waals surface area contributed by atoms with E-state index in [-0.39, 0.29) is 11.5 Å². The van der Waals surface area contributed by atoms with Gasteiger partial charge in [-0.05, 0) is 75.2 Å². The van der Waals surface area contributed by atoms with Crippen LogP contribution in [-0.4, -0.2) is 10.2 Å². The third kappa shape index (κ3) is 3.72. The van der Waals surface area contributed by atoms with Crippen LogP contribution in [0.15, 0.2) is 146 Å². The van der Waals surface area contributed by atoms with E-state index in [0.717, 1.165) is 39.8 Å². The van der Waals surface area contributed by atoms with Crippen molar-refractivity contribution in [3.8, 4) is 33.8 Å². The van der Waals surface area contributed by atoms with Crippen LogP contribution < -0.4 is 0 Å². The molecule has 40 heavy (non-hydrogen) atoms. The van der Waals surface area contributed by atoms with E-state index in [4.69, 9.17) is 0 Å². The number of benzene rings is 6. The zero-order chi connectivity index (χ0) is 27.1. The van der Waals surface area contributed by atoms with Gasteiger partial charge in [0.05, 0.1) is 5.41 Å². The molecular weight excluding hydrogens is 488 g/mol. The van der Waals surface area contributed by atoms with Crippen LogP contribution in [-0.2, 0) is 11.8 Å². The standard InChI is InChI=1S/C38H28O2/c39-36-21-19-30(24-32(36)26-11-3-1-4-12-26)38(31-20-22-37(40)33(25-31)27-13-5-2-6-14-27)34-17-9-7-15-28(34)23-29-16-8-10-18-35(29)38/h1-22,24-25,39-40H,23H2. The molecule has 0 radical (unpaired) electrons. The minimum atomic E-state index is -0.667. The maximum absolute atomic E-state index is 11.0. The maximum Gasteiger partial charge on any atom is 0.123 e. The van der Waals surface area contributed by atoms with Gasteiger partial charge in [0.25, 0.3) is 0 Å². The first-order chi connectivity index (χ1) is 19.7. The van der Waals surface area contributed by atoms with E-state index in [9.17, 15) is 10.2 Å². The SMILES string of the molecule is Oc1ccc(C2(c3ccc(O)c(-c4ccccc4)c3)c3ccccc3Cc3ccccc32)cc1-c1ccccc1. The largest absolute Gasteiger partial charge is 0.507 e. The Labute approximate surface area is 234 Å². The Kier molecular flexibility index (Phi) is 5.75. The van der Waals surface area contributed by atoms with Crippen LogP contribution >= 0.6 is 0 Å². The number of hydrogen-bond donors (Lipinski definition) is 2. The predicted octanol–water partition coefficient (Wildman–Crippen LogP) is 8.72. The van der Waals surface area contributed by atoms with Crippen molar-refractivity contribution in [1.82, 2.24) is 0 Å². The zero-order valence-electron chi connectivity index (χ0n) is 22.0. The summed E-state index contributed by atoms with van der Waals surface area (Å²) < 4.78 is 0. The van der Waals surface area contributed by atoms with Crippen molar-refractivity contribution >= 4 is 0 Å². The summed E-state index contributed by atoms with van der Waals surface area (Å²) in [5, 5.41) is 22.1. The molecule has 2 heteroatoms. The van der Waals surface area contributed by atoms with Crippen molar-refractivity contribution in [2.75, 3.05) is 0 Å². The highest BCUT2D eigenvalue weighted by Crippen LogP contribution is 2.53. The number of rotatable bonds is 4. The van der Waals surface area contributed by atoms with Crippen LogP contribution in [0.1, 0.15) is 33.4 Å². The molecule has 0 saturated heterocycles. The summed E-state index contributed by atoms with van der Waals surface area (Å²) >= 11 is 0. The van der Waals surface area contributed by atoms with Gasteiger partial charge in [-0.1, -0.05) is 121 Å². The fourth-order valence-corrected chi connectivity index (χ4v) is 6.46. The van der Waals surface area contributed by atoms with Crippen LogP contribution in [0.25, 0.3) is 22.3 Å². The summed E-state index contributed by atoms with van der Waals surface area (Å²) in [6, 6.07) is 49.4. The molecule has 0 heterocycles. The summed E-state index contributed by atoms with van der Waals surface area (Å²) in [7, 11) is 0. The molecule has 6 aromatic rings. The summed E-state index contributed by atoms with van der Waals surface area (Å²) in [5.41, 5.74) is 9.93. The molecule has 192 valence electrons. The smallest absolute Gasteiger partial charge is 0.123 e. The van der Waals surface area contributed by atoms with E-state index >= 15 is 0 Å². The Bertz CT molecular complexity index is 1700. The van der Waals surface area contributed by atoms with Crippen LogP contribution in [0.4, 0.5) is 0 Å². The van der Waals surface area contributed by atoms with Crippen LogP contribution in [0, 0.1) is 0 Å². The average Bonchev–Trinajstić information content (AvgIpc) is 3.01. The molecule has 0 bridgehead atoms. The highest BCUT2D eigenvalue weighted by atomic mass is 16.3. The summed E-state index contributed by atoms with van der Waals surface area (Å²) in [5.74, 6) is 0.497. The van der Waals surface area contributed by atoms with Gasteiger partial charge in [0, 0.05) is 11.1 Å². The zero-order valence-corrected chi connectivity index (χ0v) is 22.0. The van der Waals surface area contributed by atoms with Gasteiger partial charge in [-0.25, -0.2) is 0 Å². The molecule has 2 N–H and O–H groups in total. The van der Waals surface area contributed by atoms with E-state index in [2.05, 4.69) is 72.8 Å². The first kappa shape index (κ1) is 24.0. The lowest BCUT2D eigenvalue weighted by molar-refractivity contribution is 0.476. The van der Waals surface area contributed by atoms with Crippen molar-refractivity contribution < 1.29 is 10.2 Å². The third-order valence-corrected chi connectivity index (χ3v) is 8.25. The minimum absolute atomic E-state index is 0.248. The van der Waals surface area contributed by atoms with Crippen molar-refractivity contribution in [1.29, 1.82) is 0 Å². The normalized spacial score (nSPS) is 13.3. The molecule has 0 unspecified atom stereocenters. The molecule has 0 atom stereocenters. The number of phenolic OH excluding ortho intramolecular Hbond substituents is 2. The Morgan fingerprint density at radius 3 is 1.27 bits per heavy atom. The van der Waals surface area contributed by atoms with Gasteiger partial charge in [0.2, 0.25) is 0 Å². The van der Waals surface area contributed by atoms with Gasteiger partial charge in [0.15, 0.2) is 0 Å². The molecule has 2 nitrogen and oxygen atoms in total. The first-order valence-corrected chi connectivity index (χ1v) is 13.6. The van der Waals surface area contributed by atoms with Crippen molar-refractivity contribution in [2.24, 2.45) is 0 Å². The second kappa shape index (κ2) is 9.59. The van der Waals surface area contributed by atoms with E-state index in [1.807, 2.05) is 72.8 Å². The number of hydrogen-bond acceptors (Lipinski definition) is 2. The van der Waals surface area contributed by atoms with Crippen molar-refractivity contribution in [3.05, 3.63) is 179 Å². The van der Waals surface area contributed by atoms with Gasteiger partial charge in [-0.2, -0.15) is 0 Å². The fraction of sp³-hybridized carbons (Fsp3) is 0.0526. The molecule has 0 aromatic heterocycles. The molecule has 1 aliphatic carbocycles. The molecule has 0 fully saturated rings. The second-order valence-corrected chi connectivity index (χ2v) is 10.4. The Morgan fingerprint density at radius 2 is 0.825 bits per heavy atom. The van der Waals surface area contributed by atoms with Crippen LogP contribution in [0.2, 0.25) is 0 Å². The van der Waals surface area contributed by atoms with Crippen molar-refractivity contribution in [3.63, 3.8) is 0 Å². The lowest BCUT2D eigenvalue weighted by Crippen LogP contribution is -2.36. The summed E-state index contributed by atoms with van der Waals surface area (Å²) in [4.78, 5) is 0. The molecular formula is C38H28O2. The van der Waals surface area contributed by atoms with E-state index < -0.39 is 5.41 Å². The lowest BCUT2D eigenvalue weighted by atomic mass is 9.59. The maximum atomic E-state index is 11.0. The highest BCUT2D eigenvalue weighted by molar-refractivity contribution is 5.77. The third-order valence-electron chi connectivity index (χ3n) is 8.25. The van der Waals surface area contributed by atoms with Gasteiger partial charge >= 0.3 is 0 Å². The Hall–Kier alpha value is -5.08. The fourth-order valence-electron chi connectivity index (χ4n) is 6.46. The van der Waals surface area contributed by atoms with Crippen LogP contribution in [0.5, 0.6) is 11.5 Å². The minimum Gasteiger partial charge on any atom is -0.507 e. The van der Waals surface area contributed by atoms with E-state index in [1.54, 1.807) is 0 Å². The van der Waals surface area contributed by atoms with E-state index in [1.165, 1.54) is 22.3 Å². The van der Waals surface area contributed by atoms with Gasteiger partial charge in [0.1, 0.15) is 11.5 Å². The van der Waals surface area contributed by atoms with Crippen molar-refractivity contribution in [2.45, 2.75) is 11.8 Å². The molecule has 0 aliphatic heterocycles. The molecule has 0 spiro atoms. The number of aromatic hydroxyl groups is 2. The Morgan fingerprint density at radius 1 is 0.425 bits per heavy atom. The molecule has 6 aromatic carbocycles. The lowest BCUT2D eigenvalue weighted by Gasteiger charge is -2.42. The predicted molar refractivity (Wildman–Crippen MR) is 162 cm³/mol. The molecule has 0 amide bonds. The Balaban J connectivity index is 1.60. The molecule has 1 aliphatic rings. The number of phenols is 2. The first-order valence-electron chi connectivity index (χ1n) is 13.6.